The number of carbonyl (C=O) groups is 3. The predicted octanol–water partition coefficient (Wildman–Crippen LogP) is 3.56. The van der Waals surface area contributed by atoms with E-state index in [4.69, 9.17) is 4.42 Å². The van der Waals surface area contributed by atoms with Gasteiger partial charge in [0.2, 0.25) is 5.91 Å². The molecule has 1 aromatic heterocycles. The van der Waals surface area contributed by atoms with Gasteiger partial charge in [-0.05, 0) is 42.8 Å². The molecule has 0 spiro atoms. The van der Waals surface area contributed by atoms with Gasteiger partial charge in [0, 0.05) is 5.56 Å². The number of imide groups is 1. The molecule has 0 bridgehead atoms. The Balaban J connectivity index is 1.70. The molecule has 6 nitrogen and oxygen atoms in total. The van der Waals surface area contributed by atoms with Crippen LogP contribution in [0.1, 0.15) is 28.1 Å². The number of benzene rings is 2. The number of nitrogens with zero attached hydrogens (tertiary/aromatic N) is 2. The van der Waals surface area contributed by atoms with Crippen LogP contribution in [0.15, 0.2) is 77.4 Å². The molecule has 1 fully saturated rings. The first kappa shape index (κ1) is 18.7. The Kier molecular flexibility index (Phi) is 4.99. The van der Waals surface area contributed by atoms with E-state index in [1.165, 1.54) is 11.2 Å². The van der Waals surface area contributed by atoms with Crippen molar-refractivity contribution in [3.05, 3.63) is 89.9 Å². The molecule has 29 heavy (non-hydrogen) atoms. The van der Waals surface area contributed by atoms with E-state index in [2.05, 4.69) is 0 Å². The zero-order valence-electron chi connectivity index (χ0n) is 15.9. The summed E-state index contributed by atoms with van der Waals surface area (Å²) < 4.78 is 5.41. The van der Waals surface area contributed by atoms with Crippen molar-refractivity contribution in [3.8, 4) is 0 Å². The van der Waals surface area contributed by atoms with E-state index >= 15 is 0 Å². The summed E-state index contributed by atoms with van der Waals surface area (Å²) >= 11 is 0. The fourth-order valence-electron chi connectivity index (χ4n) is 3.57. The highest BCUT2D eigenvalue weighted by Crippen LogP contribution is 2.28. The zero-order valence-corrected chi connectivity index (χ0v) is 15.9. The number of para-hydroxylation sites is 1. The van der Waals surface area contributed by atoms with Crippen molar-refractivity contribution in [2.24, 2.45) is 0 Å². The molecule has 1 saturated heterocycles. The van der Waals surface area contributed by atoms with Gasteiger partial charge in [0.25, 0.3) is 11.8 Å². The fourth-order valence-corrected chi connectivity index (χ4v) is 3.57. The van der Waals surface area contributed by atoms with E-state index in [0.29, 0.717) is 17.0 Å². The number of anilines is 1. The van der Waals surface area contributed by atoms with E-state index in [1.807, 2.05) is 25.1 Å². The molecule has 1 aliphatic heterocycles. The highest BCUT2D eigenvalue weighted by Gasteiger charge is 2.44. The summed E-state index contributed by atoms with van der Waals surface area (Å²) in [6, 6.07) is 18.5. The van der Waals surface area contributed by atoms with Crippen LogP contribution in [-0.2, 0) is 16.1 Å². The Bertz CT molecular complexity index is 1040. The number of hydrogen-bond donors (Lipinski definition) is 0. The molecule has 1 unspecified atom stereocenters. The highest BCUT2D eigenvalue weighted by molar-refractivity contribution is 6.23. The van der Waals surface area contributed by atoms with E-state index in [1.54, 1.807) is 48.5 Å². The molecular formula is C23H20N2O4. The van der Waals surface area contributed by atoms with E-state index < -0.39 is 11.9 Å². The van der Waals surface area contributed by atoms with Gasteiger partial charge in [-0.15, -0.1) is 0 Å². The number of rotatable bonds is 5. The lowest BCUT2D eigenvalue weighted by molar-refractivity contribution is -0.122. The van der Waals surface area contributed by atoms with Crippen molar-refractivity contribution < 1.29 is 18.8 Å². The fraction of sp³-hybridized carbons (Fsp3) is 0.174. The Morgan fingerprint density at radius 3 is 2.45 bits per heavy atom. The minimum absolute atomic E-state index is 0.0634. The lowest BCUT2D eigenvalue weighted by atomic mass is 10.1. The molecule has 1 aliphatic rings. The van der Waals surface area contributed by atoms with Crippen LogP contribution in [0.2, 0.25) is 0 Å². The van der Waals surface area contributed by atoms with Gasteiger partial charge in [-0.25, -0.2) is 4.90 Å². The number of aryl methyl sites for hydroxylation is 1. The monoisotopic (exact) mass is 388 g/mol. The maximum absolute atomic E-state index is 13.4. The lowest BCUT2D eigenvalue weighted by Crippen LogP contribution is -2.45. The predicted molar refractivity (Wildman–Crippen MR) is 107 cm³/mol. The largest absolute Gasteiger partial charge is 0.467 e. The first-order chi connectivity index (χ1) is 14.1. The number of carbonyl (C=O) groups excluding carboxylic acids is 3. The molecule has 0 aliphatic carbocycles. The van der Waals surface area contributed by atoms with Crippen LogP contribution in [0, 0.1) is 6.92 Å². The average molecular weight is 388 g/mol. The maximum atomic E-state index is 13.4. The highest BCUT2D eigenvalue weighted by atomic mass is 16.3. The summed E-state index contributed by atoms with van der Waals surface area (Å²) in [5.41, 5.74) is 1.81. The minimum atomic E-state index is -0.889. The first-order valence-electron chi connectivity index (χ1n) is 9.37. The topological polar surface area (TPSA) is 70.8 Å². The summed E-state index contributed by atoms with van der Waals surface area (Å²) in [5.74, 6) is -0.492. The molecule has 0 N–H and O–H groups in total. The molecule has 6 heteroatoms. The molecule has 146 valence electrons. The van der Waals surface area contributed by atoms with Crippen molar-refractivity contribution in [3.63, 3.8) is 0 Å². The molecular weight excluding hydrogens is 368 g/mol. The number of hydrogen-bond acceptors (Lipinski definition) is 4. The van der Waals surface area contributed by atoms with Crippen LogP contribution >= 0.6 is 0 Å². The molecule has 0 saturated carbocycles. The third-order valence-electron chi connectivity index (χ3n) is 5.06. The Hall–Kier alpha value is -3.67. The van der Waals surface area contributed by atoms with E-state index in [0.717, 1.165) is 10.5 Å². The van der Waals surface area contributed by atoms with Crippen molar-refractivity contribution in [1.29, 1.82) is 0 Å². The van der Waals surface area contributed by atoms with Crippen LogP contribution in [0.4, 0.5) is 5.69 Å². The minimum Gasteiger partial charge on any atom is -0.467 e. The van der Waals surface area contributed by atoms with Crippen molar-refractivity contribution in [2.45, 2.75) is 25.9 Å². The van der Waals surface area contributed by atoms with Crippen molar-refractivity contribution in [1.82, 2.24) is 4.90 Å². The van der Waals surface area contributed by atoms with Gasteiger partial charge in [-0.1, -0.05) is 36.4 Å². The first-order valence-corrected chi connectivity index (χ1v) is 9.37. The average Bonchev–Trinajstić information content (AvgIpc) is 3.34. The Morgan fingerprint density at radius 1 is 1.03 bits per heavy atom. The lowest BCUT2D eigenvalue weighted by Gasteiger charge is -2.27. The molecule has 3 amide bonds. The van der Waals surface area contributed by atoms with Gasteiger partial charge in [-0.3, -0.25) is 14.4 Å². The van der Waals surface area contributed by atoms with E-state index in [9.17, 15) is 14.4 Å². The molecule has 3 aromatic rings. The third-order valence-corrected chi connectivity index (χ3v) is 5.06. The zero-order chi connectivity index (χ0) is 20.4. The van der Waals surface area contributed by atoms with Crippen LogP contribution in [0.25, 0.3) is 0 Å². The van der Waals surface area contributed by atoms with Gasteiger partial charge in [0.15, 0.2) is 0 Å². The third kappa shape index (κ3) is 3.57. The number of furan rings is 1. The van der Waals surface area contributed by atoms with Gasteiger partial charge < -0.3 is 9.32 Å². The van der Waals surface area contributed by atoms with Crippen molar-refractivity contribution >= 4 is 23.4 Å². The quantitative estimate of drug-likeness (QED) is 0.627. The van der Waals surface area contributed by atoms with Crippen molar-refractivity contribution in [2.75, 3.05) is 4.90 Å². The second kappa shape index (κ2) is 7.75. The SMILES string of the molecule is Cc1ccccc1C(=O)N(Cc1ccco1)C1CC(=O)N(c2ccccc2)C1=O. The van der Waals surface area contributed by atoms with Gasteiger partial charge in [0.1, 0.15) is 11.8 Å². The molecule has 1 atom stereocenters. The standard InChI is InChI=1S/C23H20N2O4/c1-16-8-5-6-12-19(16)22(27)24(15-18-11-7-13-29-18)20-14-21(26)25(23(20)28)17-9-3-2-4-10-17/h2-13,20H,14-15H2,1H3. The van der Waals surface area contributed by atoms with Crippen LogP contribution in [0.3, 0.4) is 0 Å². The van der Waals surface area contributed by atoms with Crippen LogP contribution in [-0.4, -0.2) is 28.7 Å². The smallest absolute Gasteiger partial charge is 0.257 e. The number of amides is 3. The second-order valence-electron chi connectivity index (χ2n) is 6.95. The van der Waals surface area contributed by atoms with Crippen LogP contribution < -0.4 is 4.90 Å². The molecule has 4 rings (SSSR count). The molecule has 0 radical (unpaired) electrons. The Morgan fingerprint density at radius 2 is 1.76 bits per heavy atom. The summed E-state index contributed by atoms with van der Waals surface area (Å²) in [6.45, 7) is 1.95. The summed E-state index contributed by atoms with van der Waals surface area (Å²) in [5, 5.41) is 0. The normalized spacial score (nSPS) is 16.3. The second-order valence-corrected chi connectivity index (χ2v) is 6.95. The Labute approximate surface area is 168 Å². The summed E-state index contributed by atoms with van der Waals surface area (Å²) in [4.78, 5) is 41.8. The summed E-state index contributed by atoms with van der Waals surface area (Å²) in [7, 11) is 0. The molecule has 2 heterocycles. The molecule has 2 aromatic carbocycles. The van der Waals surface area contributed by atoms with Gasteiger partial charge >= 0.3 is 0 Å². The summed E-state index contributed by atoms with van der Waals surface area (Å²) in [6.07, 6.45) is 1.45. The van der Waals surface area contributed by atoms with Crippen LogP contribution in [0.5, 0.6) is 0 Å². The van der Waals surface area contributed by atoms with Gasteiger partial charge in [-0.2, -0.15) is 0 Å². The van der Waals surface area contributed by atoms with Gasteiger partial charge in [0.05, 0.1) is 24.9 Å². The van der Waals surface area contributed by atoms with E-state index in [-0.39, 0.29) is 24.8 Å². The maximum Gasteiger partial charge on any atom is 0.257 e.